The molecule has 2 unspecified atom stereocenters. The highest BCUT2D eigenvalue weighted by atomic mass is 28.4. The van der Waals surface area contributed by atoms with E-state index >= 15 is 0 Å². The van der Waals surface area contributed by atoms with Crippen LogP contribution in [0.25, 0.3) is 0 Å². The molecule has 2 atom stereocenters. The van der Waals surface area contributed by atoms with Gasteiger partial charge in [-0.25, -0.2) is 0 Å². The maximum Gasteiger partial charge on any atom is 0.201 e. The van der Waals surface area contributed by atoms with Crippen LogP contribution in [0.15, 0.2) is 12.7 Å². The van der Waals surface area contributed by atoms with Gasteiger partial charge < -0.3 is 13.9 Å². The van der Waals surface area contributed by atoms with Gasteiger partial charge in [0.25, 0.3) is 0 Å². The first-order valence-corrected chi connectivity index (χ1v) is 12.5. The molecule has 0 aromatic heterocycles. The molecule has 0 aromatic carbocycles. The molecule has 19 heavy (non-hydrogen) atoms. The fourth-order valence-electron chi connectivity index (χ4n) is 2.64. The first-order valence-electron chi connectivity index (χ1n) is 6.83. The lowest BCUT2D eigenvalue weighted by atomic mass is 10.3. The van der Waals surface area contributed by atoms with Crippen LogP contribution in [0.2, 0.25) is 26.2 Å². The molecule has 1 aliphatic heterocycles. The summed E-state index contributed by atoms with van der Waals surface area (Å²) in [6.07, 6.45) is 2.98. The van der Waals surface area contributed by atoms with Crippen molar-refractivity contribution >= 4 is 17.1 Å². The maximum absolute atomic E-state index is 6.22. The summed E-state index contributed by atoms with van der Waals surface area (Å²) < 4.78 is 17.5. The molecular weight excluding hydrogens is 274 g/mol. The van der Waals surface area contributed by atoms with Crippen LogP contribution in [-0.4, -0.2) is 67.0 Å². The molecule has 4 nitrogen and oxygen atoms in total. The van der Waals surface area contributed by atoms with Crippen molar-refractivity contribution in [3.63, 3.8) is 0 Å². The monoisotopic (exact) mass is 302 g/mol. The van der Waals surface area contributed by atoms with Crippen LogP contribution in [0.5, 0.6) is 0 Å². The van der Waals surface area contributed by atoms with E-state index in [-0.39, 0.29) is 12.0 Å². The van der Waals surface area contributed by atoms with Gasteiger partial charge in [0.15, 0.2) is 0 Å². The molecule has 1 heterocycles. The lowest BCUT2D eigenvalue weighted by Crippen LogP contribution is -2.62. The van der Waals surface area contributed by atoms with E-state index in [2.05, 4.69) is 37.7 Å². The Morgan fingerprint density at radius 3 is 2.74 bits per heavy atom. The highest BCUT2D eigenvalue weighted by Gasteiger charge is 2.39. The van der Waals surface area contributed by atoms with Crippen LogP contribution in [0, 0.1) is 0 Å². The number of ether oxygens (including phenoxy) is 2. The van der Waals surface area contributed by atoms with Crippen molar-refractivity contribution in [1.29, 1.82) is 0 Å². The van der Waals surface area contributed by atoms with E-state index in [1.807, 2.05) is 7.11 Å². The number of hydrogen-bond acceptors (Lipinski definition) is 4. The molecule has 1 radical (unpaired) electrons. The zero-order chi connectivity index (χ0) is 14.5. The minimum Gasteiger partial charge on any atom is -0.410 e. The molecule has 111 valence electrons. The zero-order valence-electron chi connectivity index (χ0n) is 12.9. The van der Waals surface area contributed by atoms with Gasteiger partial charge in [-0.3, -0.25) is 4.90 Å². The van der Waals surface area contributed by atoms with E-state index in [1.54, 1.807) is 6.08 Å². The van der Waals surface area contributed by atoms with Crippen molar-refractivity contribution < 1.29 is 13.9 Å². The third-order valence-corrected chi connectivity index (χ3v) is 6.82. The van der Waals surface area contributed by atoms with E-state index in [0.29, 0.717) is 13.2 Å². The molecule has 0 aliphatic carbocycles. The largest absolute Gasteiger partial charge is 0.410 e. The first kappa shape index (κ1) is 17.1. The summed E-state index contributed by atoms with van der Waals surface area (Å²) in [5, 5.41) is 0. The fraction of sp³-hybridized carbons (Fsp3) is 0.846. The van der Waals surface area contributed by atoms with Gasteiger partial charge in [-0.2, -0.15) is 0 Å². The Hall–Kier alpha value is 0.0138. The smallest absolute Gasteiger partial charge is 0.201 e. The molecule has 0 amide bonds. The number of nitrogens with zero attached hydrogens (tertiary/aromatic N) is 1. The van der Waals surface area contributed by atoms with Crippen LogP contribution in [-0.2, 0) is 13.9 Å². The van der Waals surface area contributed by atoms with Gasteiger partial charge in [-0.15, -0.1) is 6.58 Å². The van der Waals surface area contributed by atoms with Gasteiger partial charge in [0, 0.05) is 19.8 Å². The summed E-state index contributed by atoms with van der Waals surface area (Å²) >= 11 is 0. The maximum atomic E-state index is 6.22. The Morgan fingerprint density at radius 1 is 1.53 bits per heavy atom. The van der Waals surface area contributed by atoms with Crippen molar-refractivity contribution in [2.75, 3.05) is 33.0 Å². The predicted octanol–water partition coefficient (Wildman–Crippen LogP) is 1.90. The molecule has 6 heteroatoms. The molecule has 1 rings (SSSR count). The highest BCUT2D eigenvalue weighted by molar-refractivity contribution is 6.71. The van der Waals surface area contributed by atoms with Crippen LogP contribution in [0.1, 0.15) is 0 Å². The standard InChI is InChI=1S/C13H28NO3Si2/c1-7-8-16-10-12-9-14(11-19(5,6)17-12)13(15-2)18(3)4/h7,12-13H,1,8-11H2,2-6H3. The van der Waals surface area contributed by atoms with E-state index < -0.39 is 17.1 Å². The molecule has 0 spiro atoms. The van der Waals surface area contributed by atoms with Crippen molar-refractivity contribution in [1.82, 2.24) is 4.90 Å². The average molecular weight is 303 g/mol. The van der Waals surface area contributed by atoms with Crippen LogP contribution in [0.4, 0.5) is 0 Å². The normalized spacial score (nSPS) is 25.5. The summed E-state index contributed by atoms with van der Waals surface area (Å²) in [6.45, 7) is 14.9. The number of methoxy groups -OCH3 is 1. The molecule has 1 fully saturated rings. The minimum atomic E-state index is -1.65. The van der Waals surface area contributed by atoms with Gasteiger partial charge in [-0.05, 0) is 13.1 Å². The Morgan fingerprint density at radius 2 is 2.21 bits per heavy atom. The van der Waals surface area contributed by atoms with E-state index in [9.17, 15) is 0 Å². The molecule has 0 saturated carbocycles. The van der Waals surface area contributed by atoms with Crippen LogP contribution >= 0.6 is 0 Å². The van der Waals surface area contributed by atoms with Gasteiger partial charge in [-0.1, -0.05) is 19.2 Å². The lowest BCUT2D eigenvalue weighted by Gasteiger charge is -2.45. The Bertz CT molecular complexity index is 287. The summed E-state index contributed by atoms with van der Waals surface area (Å²) in [5.41, 5.74) is 0. The van der Waals surface area contributed by atoms with Crippen LogP contribution < -0.4 is 0 Å². The SMILES string of the molecule is C=CCOCC1CN(C(OC)[Si](C)C)C[Si](C)(C)O1. The quantitative estimate of drug-likeness (QED) is 0.408. The lowest BCUT2D eigenvalue weighted by molar-refractivity contribution is -0.0352. The molecule has 1 aliphatic rings. The average Bonchev–Trinajstić information content (AvgIpc) is 2.27. The van der Waals surface area contributed by atoms with Crippen LogP contribution in [0.3, 0.4) is 0 Å². The van der Waals surface area contributed by atoms with E-state index in [1.165, 1.54) is 0 Å². The topological polar surface area (TPSA) is 30.9 Å². The fourth-order valence-corrected chi connectivity index (χ4v) is 6.61. The summed E-state index contributed by atoms with van der Waals surface area (Å²) in [7, 11) is -0.337. The summed E-state index contributed by atoms with van der Waals surface area (Å²) in [5.74, 6) is 0.266. The van der Waals surface area contributed by atoms with Crippen molar-refractivity contribution in [3.8, 4) is 0 Å². The molecule has 0 aromatic rings. The Kier molecular flexibility index (Phi) is 6.92. The number of hydrogen-bond donors (Lipinski definition) is 0. The minimum absolute atomic E-state index is 0.161. The molecule has 1 saturated heterocycles. The third kappa shape index (κ3) is 5.49. The Balaban J connectivity index is 2.64. The molecule has 0 N–H and O–H groups in total. The second-order valence-corrected chi connectivity index (χ2v) is 12.6. The summed E-state index contributed by atoms with van der Waals surface area (Å²) in [6, 6.07) is 0. The molecular formula is C13H28NO3Si2. The van der Waals surface area contributed by atoms with Gasteiger partial charge >= 0.3 is 0 Å². The van der Waals surface area contributed by atoms with Gasteiger partial charge in [0.2, 0.25) is 8.32 Å². The highest BCUT2D eigenvalue weighted by Crippen LogP contribution is 2.21. The molecule has 0 bridgehead atoms. The van der Waals surface area contributed by atoms with Crippen molar-refractivity contribution in [2.24, 2.45) is 0 Å². The van der Waals surface area contributed by atoms with E-state index in [4.69, 9.17) is 13.9 Å². The van der Waals surface area contributed by atoms with Gasteiger partial charge in [0.05, 0.1) is 34.0 Å². The second-order valence-electron chi connectivity index (χ2n) is 5.92. The van der Waals surface area contributed by atoms with Gasteiger partial charge in [0.1, 0.15) is 0 Å². The number of rotatable bonds is 7. The van der Waals surface area contributed by atoms with Crippen molar-refractivity contribution in [3.05, 3.63) is 12.7 Å². The van der Waals surface area contributed by atoms with Crippen molar-refractivity contribution in [2.45, 2.75) is 38.1 Å². The second kappa shape index (κ2) is 7.71. The first-order chi connectivity index (χ1) is 8.89. The Labute approximate surface area is 120 Å². The van der Waals surface area contributed by atoms with E-state index in [0.717, 1.165) is 12.7 Å². The summed E-state index contributed by atoms with van der Waals surface area (Å²) in [4.78, 5) is 2.46. The predicted molar refractivity (Wildman–Crippen MR) is 83.2 cm³/mol. The zero-order valence-corrected chi connectivity index (χ0v) is 14.9. The third-order valence-electron chi connectivity index (χ3n) is 3.10.